The third kappa shape index (κ3) is 2.60. The number of phenols is 1. The Morgan fingerprint density at radius 2 is 2.22 bits per heavy atom. The van der Waals surface area contributed by atoms with Crippen molar-refractivity contribution in [2.75, 3.05) is 5.73 Å². The van der Waals surface area contributed by atoms with Gasteiger partial charge in [0, 0.05) is 17.8 Å². The fourth-order valence-corrected chi connectivity index (χ4v) is 2.30. The molecule has 0 bridgehead atoms. The third-order valence-electron chi connectivity index (χ3n) is 2.32. The van der Waals surface area contributed by atoms with Crippen LogP contribution in [0.25, 0.3) is 0 Å². The van der Waals surface area contributed by atoms with Crippen LogP contribution in [0, 0.1) is 0 Å². The van der Waals surface area contributed by atoms with E-state index in [1.54, 1.807) is 0 Å². The number of phenolic OH excluding ortho intramolecular Hbond substituents is 1. The lowest BCUT2D eigenvalue weighted by molar-refractivity contribution is 0.467. The first-order chi connectivity index (χ1) is 8.49. The molecule has 0 spiro atoms. The van der Waals surface area contributed by atoms with E-state index in [1.807, 2.05) is 0 Å². The van der Waals surface area contributed by atoms with Gasteiger partial charge in [-0.05, 0) is 18.2 Å². The highest BCUT2D eigenvalue weighted by Crippen LogP contribution is 2.19. The Morgan fingerprint density at radius 1 is 1.44 bits per heavy atom. The summed E-state index contributed by atoms with van der Waals surface area (Å²) in [6.07, 6.45) is 2.47. The van der Waals surface area contributed by atoms with Gasteiger partial charge in [0.25, 0.3) is 10.0 Å². The number of hydrogen-bond acceptors (Lipinski definition) is 5. The van der Waals surface area contributed by atoms with Crippen molar-refractivity contribution in [2.45, 2.75) is 11.6 Å². The van der Waals surface area contributed by atoms with Gasteiger partial charge in [0.2, 0.25) is 0 Å². The molecule has 7 nitrogen and oxygen atoms in total. The second-order valence-electron chi connectivity index (χ2n) is 3.63. The third-order valence-corrected chi connectivity index (χ3v) is 3.65. The van der Waals surface area contributed by atoms with Gasteiger partial charge in [-0.2, -0.15) is 0 Å². The summed E-state index contributed by atoms with van der Waals surface area (Å²) in [6, 6.07) is 4.45. The monoisotopic (exact) mass is 268 g/mol. The summed E-state index contributed by atoms with van der Waals surface area (Å²) in [5.74, 6) is -0.0171. The summed E-state index contributed by atoms with van der Waals surface area (Å²) in [7, 11) is -3.66. The molecule has 0 saturated heterocycles. The Bertz CT molecular complexity index is 637. The number of benzene rings is 1. The number of aromatic nitrogens is 2. The van der Waals surface area contributed by atoms with Gasteiger partial charge in [-0.15, -0.1) is 0 Å². The summed E-state index contributed by atoms with van der Waals surface area (Å²) in [6.45, 7) is -0.0573. The maximum absolute atomic E-state index is 11.8. The quantitative estimate of drug-likeness (QED) is 0.465. The van der Waals surface area contributed by atoms with Crippen LogP contribution in [0.3, 0.4) is 0 Å². The van der Waals surface area contributed by atoms with Gasteiger partial charge < -0.3 is 15.8 Å². The number of imidazole rings is 1. The Labute approximate surface area is 104 Å². The smallest absolute Gasteiger partial charge is 0.257 e. The summed E-state index contributed by atoms with van der Waals surface area (Å²) in [5.41, 5.74) is 6.41. The zero-order valence-electron chi connectivity index (χ0n) is 9.29. The van der Waals surface area contributed by atoms with E-state index in [4.69, 9.17) is 5.73 Å². The van der Waals surface area contributed by atoms with Gasteiger partial charge in [-0.25, -0.2) is 18.1 Å². The van der Waals surface area contributed by atoms with E-state index < -0.39 is 10.0 Å². The molecular formula is C10H12N4O3S. The first-order valence-electron chi connectivity index (χ1n) is 5.04. The molecule has 0 atom stereocenters. The minimum atomic E-state index is -3.66. The normalized spacial score (nSPS) is 11.6. The van der Waals surface area contributed by atoms with Crippen molar-refractivity contribution >= 4 is 15.7 Å². The lowest BCUT2D eigenvalue weighted by Crippen LogP contribution is -2.23. The van der Waals surface area contributed by atoms with Crippen LogP contribution in [0.5, 0.6) is 5.75 Å². The number of aromatic hydroxyl groups is 1. The molecule has 0 saturated carbocycles. The molecule has 1 heterocycles. The standard InChI is InChI=1S/C10H12N4O3S/c11-8-1-2-9(15)7(3-8)4-14-18(16,17)10-5-12-6-13-10/h1-3,5-6,14-15H,4,11H2,(H,12,13). The fraction of sp³-hybridized carbons (Fsp3) is 0.100. The molecule has 0 aliphatic carbocycles. The Balaban J connectivity index is 2.15. The van der Waals surface area contributed by atoms with E-state index >= 15 is 0 Å². The number of nitrogens with zero attached hydrogens (tertiary/aromatic N) is 1. The predicted molar refractivity (Wildman–Crippen MR) is 65.1 cm³/mol. The van der Waals surface area contributed by atoms with Gasteiger partial charge in [-0.1, -0.05) is 0 Å². The Hall–Kier alpha value is -2.06. The lowest BCUT2D eigenvalue weighted by atomic mass is 10.2. The molecule has 5 N–H and O–H groups in total. The van der Waals surface area contributed by atoms with Crippen molar-refractivity contribution < 1.29 is 13.5 Å². The van der Waals surface area contributed by atoms with Crippen molar-refractivity contribution in [2.24, 2.45) is 0 Å². The molecule has 2 rings (SSSR count). The van der Waals surface area contributed by atoms with Crippen LogP contribution in [-0.4, -0.2) is 23.5 Å². The maximum atomic E-state index is 11.8. The molecular weight excluding hydrogens is 256 g/mol. The van der Waals surface area contributed by atoms with Gasteiger partial charge >= 0.3 is 0 Å². The average Bonchev–Trinajstić information content (AvgIpc) is 2.85. The number of anilines is 1. The highest BCUT2D eigenvalue weighted by Gasteiger charge is 2.15. The molecule has 18 heavy (non-hydrogen) atoms. The van der Waals surface area contributed by atoms with Gasteiger partial charge in [0.05, 0.1) is 12.5 Å². The molecule has 96 valence electrons. The molecule has 0 radical (unpaired) electrons. The van der Waals surface area contributed by atoms with Crippen molar-refractivity contribution in [3.63, 3.8) is 0 Å². The number of rotatable bonds is 4. The molecule has 0 unspecified atom stereocenters. The summed E-state index contributed by atoms with van der Waals surface area (Å²) >= 11 is 0. The number of nitrogens with two attached hydrogens (primary N) is 1. The van der Waals surface area contributed by atoms with Crippen LogP contribution >= 0.6 is 0 Å². The van der Waals surface area contributed by atoms with E-state index in [1.165, 1.54) is 30.7 Å². The summed E-state index contributed by atoms with van der Waals surface area (Å²) in [4.78, 5) is 6.12. The van der Waals surface area contributed by atoms with Crippen LogP contribution in [0.15, 0.2) is 35.7 Å². The number of H-pyrrole nitrogens is 1. The number of sulfonamides is 1. The topological polar surface area (TPSA) is 121 Å². The fourth-order valence-electron chi connectivity index (χ4n) is 1.39. The van der Waals surface area contributed by atoms with Crippen LogP contribution in [-0.2, 0) is 16.6 Å². The van der Waals surface area contributed by atoms with Crippen molar-refractivity contribution in [3.05, 3.63) is 36.3 Å². The first kappa shape index (κ1) is 12.4. The van der Waals surface area contributed by atoms with Gasteiger partial charge in [0.1, 0.15) is 5.75 Å². The van der Waals surface area contributed by atoms with Crippen LogP contribution in [0.1, 0.15) is 5.56 Å². The first-order valence-corrected chi connectivity index (χ1v) is 6.53. The lowest BCUT2D eigenvalue weighted by Gasteiger charge is -2.07. The molecule has 2 aromatic rings. The molecule has 0 aliphatic heterocycles. The molecule has 0 aliphatic rings. The zero-order valence-corrected chi connectivity index (χ0v) is 10.1. The van der Waals surface area contributed by atoms with Gasteiger partial charge in [0.15, 0.2) is 5.03 Å². The highest BCUT2D eigenvalue weighted by molar-refractivity contribution is 7.89. The number of aromatic amines is 1. The van der Waals surface area contributed by atoms with Crippen molar-refractivity contribution in [1.82, 2.24) is 14.7 Å². The predicted octanol–water partition coefficient (Wildman–Crippen LogP) is 0.176. The molecule has 1 aromatic carbocycles. The SMILES string of the molecule is Nc1ccc(O)c(CNS(=O)(=O)c2cnc[nH]2)c1. The highest BCUT2D eigenvalue weighted by atomic mass is 32.2. The molecule has 8 heteroatoms. The Morgan fingerprint density at radius 3 is 2.89 bits per heavy atom. The molecule has 1 aromatic heterocycles. The minimum absolute atomic E-state index is 0.0171. The minimum Gasteiger partial charge on any atom is -0.508 e. The largest absolute Gasteiger partial charge is 0.508 e. The number of hydrogen-bond donors (Lipinski definition) is 4. The molecule has 0 fully saturated rings. The average molecular weight is 268 g/mol. The second-order valence-corrected chi connectivity index (χ2v) is 5.36. The van der Waals surface area contributed by atoms with Crippen LogP contribution in [0.4, 0.5) is 5.69 Å². The van der Waals surface area contributed by atoms with Crippen LogP contribution in [0.2, 0.25) is 0 Å². The van der Waals surface area contributed by atoms with E-state index in [9.17, 15) is 13.5 Å². The maximum Gasteiger partial charge on any atom is 0.257 e. The zero-order chi connectivity index (χ0) is 13.2. The van der Waals surface area contributed by atoms with E-state index in [0.29, 0.717) is 11.3 Å². The number of nitrogens with one attached hydrogen (secondary N) is 2. The van der Waals surface area contributed by atoms with E-state index in [-0.39, 0.29) is 17.3 Å². The van der Waals surface area contributed by atoms with Crippen molar-refractivity contribution in [3.8, 4) is 5.75 Å². The van der Waals surface area contributed by atoms with Crippen molar-refractivity contribution in [1.29, 1.82) is 0 Å². The van der Waals surface area contributed by atoms with E-state index in [0.717, 1.165) is 0 Å². The van der Waals surface area contributed by atoms with Crippen LogP contribution < -0.4 is 10.5 Å². The van der Waals surface area contributed by atoms with E-state index in [2.05, 4.69) is 14.7 Å². The number of nitrogen functional groups attached to an aromatic ring is 1. The summed E-state index contributed by atoms with van der Waals surface area (Å²) < 4.78 is 25.9. The second kappa shape index (κ2) is 4.67. The molecule has 0 amide bonds. The van der Waals surface area contributed by atoms with Gasteiger partial charge in [-0.3, -0.25) is 0 Å². The Kier molecular flexibility index (Phi) is 3.21. The summed E-state index contributed by atoms with van der Waals surface area (Å²) in [5, 5.41) is 9.52.